The van der Waals surface area contributed by atoms with Crippen LogP contribution >= 0.6 is 24.0 Å². The van der Waals surface area contributed by atoms with Gasteiger partial charge in [-0.15, -0.1) is 24.0 Å². The van der Waals surface area contributed by atoms with E-state index in [1.54, 1.807) is 7.11 Å². The molecule has 1 aliphatic heterocycles. The third-order valence-corrected chi connectivity index (χ3v) is 4.77. The second-order valence-electron chi connectivity index (χ2n) is 7.15. The Morgan fingerprint density at radius 2 is 2.03 bits per heavy atom. The molecule has 1 aliphatic rings. The summed E-state index contributed by atoms with van der Waals surface area (Å²) in [6.07, 6.45) is 6.22. The van der Waals surface area contributed by atoms with Gasteiger partial charge in [0.25, 0.3) is 0 Å². The Kier molecular flexibility index (Phi) is 14.0. The van der Waals surface area contributed by atoms with Gasteiger partial charge in [-0.3, -0.25) is 0 Å². The SMILES string of the molecule is CCCOc1ccc(CN=C(NCC)NC2CCN(CCCOC)CC2)cn1.I. The maximum atomic E-state index is 5.53. The van der Waals surface area contributed by atoms with Crippen LogP contribution in [0.15, 0.2) is 23.3 Å². The zero-order valence-electron chi connectivity index (χ0n) is 18.2. The predicted molar refractivity (Wildman–Crippen MR) is 129 cm³/mol. The number of pyridine rings is 1. The number of rotatable bonds is 11. The first-order valence-electron chi connectivity index (χ1n) is 10.6. The molecule has 0 amide bonds. The number of piperidine rings is 1. The molecule has 8 heteroatoms. The molecule has 29 heavy (non-hydrogen) atoms. The van der Waals surface area contributed by atoms with Crippen LogP contribution in [0.3, 0.4) is 0 Å². The minimum absolute atomic E-state index is 0. The van der Waals surface area contributed by atoms with Gasteiger partial charge in [-0.2, -0.15) is 0 Å². The fourth-order valence-corrected chi connectivity index (χ4v) is 3.21. The minimum Gasteiger partial charge on any atom is -0.478 e. The van der Waals surface area contributed by atoms with Crippen LogP contribution in [0.5, 0.6) is 5.88 Å². The van der Waals surface area contributed by atoms with Crippen molar-refractivity contribution in [3.63, 3.8) is 0 Å². The van der Waals surface area contributed by atoms with Crippen molar-refractivity contribution in [3.8, 4) is 5.88 Å². The van der Waals surface area contributed by atoms with Crippen molar-refractivity contribution >= 4 is 29.9 Å². The predicted octanol–water partition coefficient (Wildman–Crippen LogP) is 3.04. The molecule has 0 aliphatic carbocycles. The smallest absolute Gasteiger partial charge is 0.213 e. The van der Waals surface area contributed by atoms with Crippen LogP contribution in [-0.4, -0.2) is 68.4 Å². The van der Waals surface area contributed by atoms with E-state index >= 15 is 0 Å². The van der Waals surface area contributed by atoms with E-state index in [9.17, 15) is 0 Å². The Bertz CT molecular complexity index is 563. The summed E-state index contributed by atoms with van der Waals surface area (Å²) in [5.74, 6) is 1.56. The zero-order chi connectivity index (χ0) is 20.0. The van der Waals surface area contributed by atoms with Gasteiger partial charge in [0.2, 0.25) is 5.88 Å². The number of hydrogen-bond donors (Lipinski definition) is 2. The lowest BCUT2D eigenvalue weighted by Gasteiger charge is -2.33. The largest absolute Gasteiger partial charge is 0.478 e. The van der Waals surface area contributed by atoms with E-state index in [2.05, 4.69) is 34.4 Å². The molecule has 1 fully saturated rings. The number of likely N-dealkylation sites (tertiary alicyclic amines) is 1. The van der Waals surface area contributed by atoms with Crippen molar-refractivity contribution in [3.05, 3.63) is 23.9 Å². The molecule has 1 aromatic rings. The van der Waals surface area contributed by atoms with Crippen molar-refractivity contribution in [1.82, 2.24) is 20.5 Å². The number of guanidine groups is 1. The molecular weight excluding hydrogens is 481 g/mol. The highest BCUT2D eigenvalue weighted by molar-refractivity contribution is 14.0. The molecule has 0 atom stereocenters. The third-order valence-electron chi connectivity index (χ3n) is 4.77. The lowest BCUT2D eigenvalue weighted by atomic mass is 10.1. The number of hydrogen-bond acceptors (Lipinski definition) is 5. The van der Waals surface area contributed by atoms with Crippen LogP contribution in [0.25, 0.3) is 0 Å². The van der Waals surface area contributed by atoms with E-state index in [1.165, 1.54) is 0 Å². The van der Waals surface area contributed by atoms with Crippen LogP contribution in [0.2, 0.25) is 0 Å². The monoisotopic (exact) mass is 519 g/mol. The number of methoxy groups -OCH3 is 1. The van der Waals surface area contributed by atoms with Gasteiger partial charge in [0.05, 0.1) is 13.2 Å². The van der Waals surface area contributed by atoms with Gasteiger partial charge in [-0.05, 0) is 38.2 Å². The number of aromatic nitrogens is 1. The molecule has 2 N–H and O–H groups in total. The van der Waals surface area contributed by atoms with Crippen LogP contribution in [0.4, 0.5) is 0 Å². The number of halogens is 1. The van der Waals surface area contributed by atoms with Gasteiger partial charge < -0.3 is 25.0 Å². The molecule has 0 radical (unpaired) electrons. The van der Waals surface area contributed by atoms with Crippen LogP contribution < -0.4 is 15.4 Å². The van der Waals surface area contributed by atoms with E-state index in [-0.39, 0.29) is 24.0 Å². The first kappa shape index (κ1) is 25.9. The Morgan fingerprint density at radius 1 is 1.24 bits per heavy atom. The summed E-state index contributed by atoms with van der Waals surface area (Å²) < 4.78 is 10.7. The molecule has 0 bridgehead atoms. The Hall–Kier alpha value is -1.13. The van der Waals surface area contributed by atoms with Crippen molar-refractivity contribution in [2.75, 3.05) is 46.5 Å². The van der Waals surface area contributed by atoms with Crippen molar-refractivity contribution < 1.29 is 9.47 Å². The van der Waals surface area contributed by atoms with Gasteiger partial charge in [0.1, 0.15) is 0 Å². The molecule has 0 spiro atoms. The Morgan fingerprint density at radius 3 is 2.66 bits per heavy atom. The van der Waals surface area contributed by atoms with E-state index in [0.717, 1.165) is 70.0 Å². The highest BCUT2D eigenvalue weighted by Gasteiger charge is 2.19. The molecule has 0 aromatic carbocycles. The highest BCUT2D eigenvalue weighted by Crippen LogP contribution is 2.11. The van der Waals surface area contributed by atoms with Gasteiger partial charge in [-0.25, -0.2) is 9.98 Å². The third kappa shape index (κ3) is 10.5. The number of nitrogens with zero attached hydrogens (tertiary/aromatic N) is 3. The van der Waals surface area contributed by atoms with E-state index < -0.39 is 0 Å². The van der Waals surface area contributed by atoms with Gasteiger partial charge >= 0.3 is 0 Å². The van der Waals surface area contributed by atoms with Crippen LogP contribution in [0.1, 0.15) is 45.1 Å². The fraction of sp³-hybridized carbons (Fsp3) is 0.714. The first-order chi connectivity index (χ1) is 13.7. The maximum Gasteiger partial charge on any atom is 0.213 e. The second kappa shape index (κ2) is 15.7. The summed E-state index contributed by atoms with van der Waals surface area (Å²) >= 11 is 0. The Labute approximate surface area is 193 Å². The van der Waals surface area contributed by atoms with Gasteiger partial charge in [-0.1, -0.05) is 13.0 Å². The molecule has 1 aromatic heterocycles. The summed E-state index contributed by atoms with van der Waals surface area (Å²) in [4.78, 5) is 11.6. The highest BCUT2D eigenvalue weighted by atomic mass is 127. The quantitative estimate of drug-likeness (QED) is 0.203. The Balaban J connectivity index is 0.00000420. The second-order valence-corrected chi connectivity index (χ2v) is 7.15. The minimum atomic E-state index is 0. The van der Waals surface area contributed by atoms with E-state index in [1.807, 2.05) is 18.3 Å². The summed E-state index contributed by atoms with van der Waals surface area (Å²) in [6, 6.07) is 4.42. The molecule has 0 saturated carbocycles. The maximum absolute atomic E-state index is 5.53. The van der Waals surface area contributed by atoms with Crippen LogP contribution in [0, 0.1) is 0 Å². The number of ether oxygens (including phenoxy) is 2. The topological polar surface area (TPSA) is 71.0 Å². The van der Waals surface area contributed by atoms with Crippen molar-refractivity contribution in [1.29, 1.82) is 0 Å². The lowest BCUT2D eigenvalue weighted by Crippen LogP contribution is -2.48. The average Bonchev–Trinajstić information content (AvgIpc) is 2.73. The first-order valence-corrected chi connectivity index (χ1v) is 10.6. The van der Waals surface area contributed by atoms with Crippen LogP contribution in [-0.2, 0) is 11.3 Å². The average molecular weight is 519 g/mol. The van der Waals surface area contributed by atoms with E-state index in [4.69, 9.17) is 14.5 Å². The molecule has 2 rings (SSSR count). The summed E-state index contributed by atoms with van der Waals surface area (Å²) in [7, 11) is 1.77. The fourth-order valence-electron chi connectivity index (χ4n) is 3.21. The summed E-state index contributed by atoms with van der Waals surface area (Å²) in [5, 5.41) is 6.95. The van der Waals surface area contributed by atoms with Gasteiger partial charge in [0, 0.05) is 58.2 Å². The molecule has 2 heterocycles. The molecular formula is C21H38IN5O2. The molecule has 166 valence electrons. The van der Waals surface area contributed by atoms with Crippen molar-refractivity contribution in [2.45, 2.75) is 52.1 Å². The number of aliphatic imine (C=N–C) groups is 1. The molecule has 1 saturated heterocycles. The summed E-state index contributed by atoms with van der Waals surface area (Å²) in [6.45, 7) is 10.6. The zero-order valence-corrected chi connectivity index (χ0v) is 20.5. The number of nitrogens with one attached hydrogen (secondary N) is 2. The van der Waals surface area contributed by atoms with Gasteiger partial charge in [0.15, 0.2) is 5.96 Å². The van der Waals surface area contributed by atoms with E-state index in [0.29, 0.717) is 25.1 Å². The standard InChI is InChI=1S/C21H37N5O2.HI/c1-4-14-28-20-8-7-18(16-23-20)17-24-21(22-5-2)25-19-9-12-26(13-10-19)11-6-15-27-3;/h7-8,16,19H,4-6,9-15,17H2,1-3H3,(H2,22,24,25);1H. The lowest BCUT2D eigenvalue weighted by molar-refractivity contribution is 0.155. The molecule has 0 unspecified atom stereocenters. The normalized spacial score (nSPS) is 15.6. The summed E-state index contributed by atoms with van der Waals surface area (Å²) in [5.41, 5.74) is 1.08. The molecule has 7 nitrogen and oxygen atoms in total. The van der Waals surface area contributed by atoms with Crippen molar-refractivity contribution in [2.24, 2.45) is 4.99 Å².